The monoisotopic (exact) mass is 324 g/mol. The number of halogens is 1. The van der Waals surface area contributed by atoms with Crippen molar-refractivity contribution >= 4 is 29.7 Å². The zero-order valence-electron chi connectivity index (χ0n) is 12.3. The molecule has 1 aromatic carbocycles. The molecular formula is C16H21ClN2OS. The third-order valence-electron chi connectivity index (χ3n) is 3.12. The number of carbonyl (C=O) groups is 1. The Morgan fingerprint density at radius 2 is 1.86 bits per heavy atom. The molecule has 5 heteroatoms. The standard InChI is InChI=1S/C16H20N2OS.ClH/c1-12-4-6-13(7-5-12)14-8-11-20-15(14)16(19)18-10-3-9-17-2;/h4-8,11,17H,3,9-10H2,1-2H3,(H,18,19);1H. The van der Waals surface area contributed by atoms with Crippen LogP contribution in [-0.4, -0.2) is 26.0 Å². The summed E-state index contributed by atoms with van der Waals surface area (Å²) in [7, 11) is 1.91. The molecule has 0 spiro atoms. The highest BCUT2D eigenvalue weighted by Crippen LogP contribution is 2.28. The normalized spacial score (nSPS) is 10.0. The van der Waals surface area contributed by atoms with E-state index in [4.69, 9.17) is 0 Å². The van der Waals surface area contributed by atoms with Gasteiger partial charge in [0.25, 0.3) is 5.91 Å². The van der Waals surface area contributed by atoms with Gasteiger partial charge in [-0.15, -0.1) is 23.7 Å². The number of thiophene rings is 1. The van der Waals surface area contributed by atoms with Crippen molar-refractivity contribution in [1.82, 2.24) is 10.6 Å². The molecule has 21 heavy (non-hydrogen) atoms. The lowest BCUT2D eigenvalue weighted by Gasteiger charge is -2.06. The minimum absolute atomic E-state index is 0. The van der Waals surface area contributed by atoms with Crippen LogP contribution in [-0.2, 0) is 0 Å². The van der Waals surface area contributed by atoms with Gasteiger partial charge in [0.15, 0.2) is 0 Å². The van der Waals surface area contributed by atoms with Gasteiger partial charge in [0.05, 0.1) is 4.88 Å². The predicted molar refractivity (Wildman–Crippen MR) is 92.6 cm³/mol. The van der Waals surface area contributed by atoms with E-state index in [0.29, 0.717) is 6.54 Å². The lowest BCUT2D eigenvalue weighted by Crippen LogP contribution is -2.26. The van der Waals surface area contributed by atoms with Crippen LogP contribution in [0, 0.1) is 6.92 Å². The summed E-state index contributed by atoms with van der Waals surface area (Å²) in [5.41, 5.74) is 3.33. The third kappa shape index (κ3) is 4.84. The second-order valence-electron chi connectivity index (χ2n) is 4.74. The van der Waals surface area contributed by atoms with Gasteiger partial charge in [-0.1, -0.05) is 29.8 Å². The molecule has 0 aliphatic carbocycles. The Kier molecular flexibility index (Phi) is 7.43. The SMILES string of the molecule is CNCCCNC(=O)c1sccc1-c1ccc(C)cc1.Cl. The van der Waals surface area contributed by atoms with Crippen LogP contribution in [0.15, 0.2) is 35.7 Å². The van der Waals surface area contributed by atoms with Crippen LogP contribution < -0.4 is 10.6 Å². The van der Waals surface area contributed by atoms with E-state index in [1.54, 1.807) is 0 Å². The van der Waals surface area contributed by atoms with Gasteiger partial charge in [-0.2, -0.15) is 0 Å². The summed E-state index contributed by atoms with van der Waals surface area (Å²) in [6, 6.07) is 10.3. The average Bonchev–Trinajstić information content (AvgIpc) is 2.93. The Hall–Kier alpha value is -1.36. The largest absolute Gasteiger partial charge is 0.351 e. The summed E-state index contributed by atoms with van der Waals surface area (Å²) < 4.78 is 0. The third-order valence-corrected chi connectivity index (χ3v) is 4.04. The second kappa shape index (κ2) is 8.82. The number of carbonyl (C=O) groups excluding carboxylic acids is 1. The quantitative estimate of drug-likeness (QED) is 0.799. The molecule has 114 valence electrons. The summed E-state index contributed by atoms with van der Waals surface area (Å²) >= 11 is 1.49. The molecule has 1 aromatic heterocycles. The molecule has 0 aliphatic heterocycles. The molecule has 0 unspecified atom stereocenters. The number of amides is 1. The lowest BCUT2D eigenvalue weighted by atomic mass is 10.0. The number of hydrogen-bond donors (Lipinski definition) is 2. The van der Waals surface area contributed by atoms with Crippen molar-refractivity contribution in [2.24, 2.45) is 0 Å². The van der Waals surface area contributed by atoms with Gasteiger partial charge in [0.1, 0.15) is 0 Å². The highest BCUT2D eigenvalue weighted by atomic mass is 35.5. The van der Waals surface area contributed by atoms with E-state index in [1.807, 2.05) is 18.5 Å². The number of benzene rings is 1. The summed E-state index contributed by atoms with van der Waals surface area (Å²) in [4.78, 5) is 13.0. The minimum atomic E-state index is 0. The van der Waals surface area contributed by atoms with Gasteiger partial charge in [0, 0.05) is 12.1 Å². The molecular weight excluding hydrogens is 304 g/mol. The Morgan fingerprint density at radius 3 is 2.52 bits per heavy atom. The molecule has 3 nitrogen and oxygen atoms in total. The summed E-state index contributed by atoms with van der Waals surface area (Å²) in [6.45, 7) is 3.67. The Morgan fingerprint density at radius 1 is 1.14 bits per heavy atom. The first kappa shape index (κ1) is 17.7. The zero-order valence-corrected chi connectivity index (χ0v) is 13.9. The van der Waals surface area contributed by atoms with Crippen molar-refractivity contribution in [2.75, 3.05) is 20.1 Å². The highest BCUT2D eigenvalue weighted by molar-refractivity contribution is 7.12. The van der Waals surface area contributed by atoms with Gasteiger partial charge in [-0.25, -0.2) is 0 Å². The minimum Gasteiger partial charge on any atom is -0.351 e. The molecule has 0 aliphatic rings. The van der Waals surface area contributed by atoms with Crippen LogP contribution in [0.1, 0.15) is 21.7 Å². The molecule has 1 heterocycles. The van der Waals surface area contributed by atoms with Crippen LogP contribution in [0.25, 0.3) is 11.1 Å². The predicted octanol–water partition coefficient (Wildman–Crippen LogP) is 3.48. The van der Waals surface area contributed by atoms with Crippen LogP contribution in [0.3, 0.4) is 0 Å². The molecule has 0 atom stereocenters. The molecule has 2 N–H and O–H groups in total. The number of aryl methyl sites for hydroxylation is 1. The van der Waals surface area contributed by atoms with Crippen molar-refractivity contribution in [2.45, 2.75) is 13.3 Å². The number of hydrogen-bond acceptors (Lipinski definition) is 3. The first-order valence-corrected chi connectivity index (χ1v) is 7.67. The van der Waals surface area contributed by atoms with Crippen molar-refractivity contribution < 1.29 is 4.79 Å². The summed E-state index contributed by atoms with van der Waals surface area (Å²) in [5.74, 6) is 0.0201. The first-order valence-electron chi connectivity index (χ1n) is 6.79. The lowest BCUT2D eigenvalue weighted by molar-refractivity contribution is 0.0958. The van der Waals surface area contributed by atoms with E-state index < -0.39 is 0 Å². The molecule has 0 radical (unpaired) electrons. The Balaban J connectivity index is 0.00000220. The first-order chi connectivity index (χ1) is 9.72. The number of nitrogens with one attached hydrogen (secondary N) is 2. The van der Waals surface area contributed by atoms with Crippen LogP contribution >= 0.6 is 23.7 Å². The van der Waals surface area contributed by atoms with Crippen LogP contribution in [0.5, 0.6) is 0 Å². The van der Waals surface area contributed by atoms with Gasteiger partial charge < -0.3 is 10.6 Å². The van der Waals surface area contributed by atoms with Crippen LogP contribution in [0.4, 0.5) is 0 Å². The molecule has 2 aromatic rings. The smallest absolute Gasteiger partial charge is 0.261 e. The van der Waals surface area contributed by atoms with Gasteiger partial charge in [-0.05, 0) is 43.9 Å². The van der Waals surface area contributed by atoms with E-state index in [2.05, 4.69) is 41.8 Å². The summed E-state index contributed by atoms with van der Waals surface area (Å²) in [5, 5.41) is 8.01. The number of rotatable bonds is 6. The molecule has 0 saturated heterocycles. The molecule has 0 fully saturated rings. The van der Waals surface area contributed by atoms with Crippen molar-refractivity contribution in [3.8, 4) is 11.1 Å². The molecule has 0 saturated carbocycles. The fraction of sp³-hybridized carbons (Fsp3) is 0.312. The van der Waals surface area contributed by atoms with E-state index in [-0.39, 0.29) is 18.3 Å². The van der Waals surface area contributed by atoms with Gasteiger partial charge >= 0.3 is 0 Å². The topological polar surface area (TPSA) is 41.1 Å². The fourth-order valence-corrected chi connectivity index (χ4v) is 2.83. The van der Waals surface area contributed by atoms with Gasteiger partial charge in [0.2, 0.25) is 0 Å². The highest BCUT2D eigenvalue weighted by Gasteiger charge is 2.13. The molecule has 1 amide bonds. The summed E-state index contributed by atoms with van der Waals surface area (Å²) in [6.07, 6.45) is 0.938. The van der Waals surface area contributed by atoms with Crippen molar-refractivity contribution in [3.63, 3.8) is 0 Å². The maximum absolute atomic E-state index is 12.2. The van der Waals surface area contributed by atoms with Crippen LogP contribution in [0.2, 0.25) is 0 Å². The maximum Gasteiger partial charge on any atom is 0.261 e. The Labute approximate surface area is 136 Å². The van der Waals surface area contributed by atoms with E-state index >= 15 is 0 Å². The van der Waals surface area contributed by atoms with E-state index in [0.717, 1.165) is 29.0 Å². The zero-order chi connectivity index (χ0) is 14.4. The Bertz CT molecular complexity index is 566. The average molecular weight is 325 g/mol. The maximum atomic E-state index is 12.2. The molecule has 2 rings (SSSR count). The molecule has 0 bridgehead atoms. The van der Waals surface area contributed by atoms with Crippen molar-refractivity contribution in [1.29, 1.82) is 0 Å². The fourth-order valence-electron chi connectivity index (χ4n) is 1.99. The van der Waals surface area contributed by atoms with E-state index in [1.165, 1.54) is 16.9 Å². The van der Waals surface area contributed by atoms with Gasteiger partial charge in [-0.3, -0.25) is 4.79 Å². The van der Waals surface area contributed by atoms with E-state index in [9.17, 15) is 4.79 Å². The van der Waals surface area contributed by atoms with Crippen molar-refractivity contribution in [3.05, 3.63) is 46.2 Å². The second-order valence-corrected chi connectivity index (χ2v) is 5.66.